The van der Waals surface area contributed by atoms with Gasteiger partial charge in [-0.15, -0.1) is 0 Å². The molecule has 0 spiro atoms. The monoisotopic (exact) mass is 440 g/mol. The maximum absolute atomic E-state index is 12.7. The van der Waals surface area contributed by atoms with Gasteiger partial charge in [0.25, 0.3) is 0 Å². The van der Waals surface area contributed by atoms with Crippen LogP contribution in [0, 0.1) is 0 Å². The van der Waals surface area contributed by atoms with Crippen molar-refractivity contribution < 1.29 is 26.4 Å². The summed E-state index contributed by atoms with van der Waals surface area (Å²) in [5, 5.41) is 2.56. The van der Waals surface area contributed by atoms with Gasteiger partial charge in [-0.2, -0.15) is 13.2 Å². The van der Waals surface area contributed by atoms with Gasteiger partial charge in [0.1, 0.15) is 5.82 Å². The van der Waals surface area contributed by atoms with E-state index in [4.69, 9.17) is 0 Å². The summed E-state index contributed by atoms with van der Waals surface area (Å²) in [4.78, 5) is 18.9. The molecule has 160 valence electrons. The number of nitrogens with one attached hydrogen (secondary N) is 3. The van der Waals surface area contributed by atoms with E-state index >= 15 is 0 Å². The summed E-state index contributed by atoms with van der Waals surface area (Å²) in [5.41, 5.74) is 0.682. The molecule has 3 aromatic rings. The molecule has 0 fully saturated rings. The lowest BCUT2D eigenvalue weighted by Crippen LogP contribution is -2.37. The minimum Gasteiger partial charge on any atom is -0.355 e. The molecule has 0 atom stereocenters. The van der Waals surface area contributed by atoms with E-state index in [0.29, 0.717) is 25.5 Å². The Morgan fingerprint density at radius 1 is 1.10 bits per heavy atom. The number of carbonyl (C=O) groups is 1. The highest BCUT2D eigenvalue weighted by atomic mass is 32.2. The van der Waals surface area contributed by atoms with Gasteiger partial charge in [-0.1, -0.05) is 18.2 Å². The molecule has 7 nitrogen and oxygen atoms in total. The number of sulfonamides is 1. The largest absolute Gasteiger partial charge is 0.416 e. The molecule has 0 unspecified atom stereocenters. The van der Waals surface area contributed by atoms with Gasteiger partial charge < -0.3 is 10.3 Å². The molecule has 0 aliphatic heterocycles. The second-order valence-electron chi connectivity index (χ2n) is 6.50. The number of nitrogens with zero attached hydrogens (tertiary/aromatic N) is 1. The molecule has 3 rings (SSSR count). The van der Waals surface area contributed by atoms with E-state index in [0.717, 1.165) is 35.1 Å². The van der Waals surface area contributed by atoms with E-state index in [1.807, 2.05) is 29.0 Å². The first-order valence-corrected chi connectivity index (χ1v) is 10.5. The van der Waals surface area contributed by atoms with Gasteiger partial charge in [-0.3, -0.25) is 4.79 Å². The molecule has 0 radical (unpaired) electrons. The van der Waals surface area contributed by atoms with E-state index < -0.39 is 39.1 Å². The number of benzene rings is 2. The molecule has 0 aliphatic carbocycles. The molecule has 2 aromatic carbocycles. The van der Waals surface area contributed by atoms with Crippen molar-refractivity contribution in [2.45, 2.75) is 23.9 Å². The number of fused-ring (bicyclic) bond motifs is 1. The van der Waals surface area contributed by atoms with Crippen molar-refractivity contribution >= 4 is 27.0 Å². The highest BCUT2D eigenvalue weighted by Crippen LogP contribution is 2.30. The van der Waals surface area contributed by atoms with Crippen LogP contribution < -0.4 is 10.0 Å². The van der Waals surface area contributed by atoms with Gasteiger partial charge in [0.15, 0.2) is 0 Å². The Kier molecular flexibility index (Phi) is 6.42. The number of alkyl halides is 3. The Morgan fingerprint density at radius 3 is 2.60 bits per heavy atom. The quantitative estimate of drug-likeness (QED) is 0.469. The number of halogens is 3. The summed E-state index contributed by atoms with van der Waals surface area (Å²) < 4.78 is 64.5. The predicted molar refractivity (Wildman–Crippen MR) is 104 cm³/mol. The van der Waals surface area contributed by atoms with Crippen molar-refractivity contribution in [2.24, 2.45) is 0 Å². The summed E-state index contributed by atoms with van der Waals surface area (Å²) in [7, 11) is -4.25. The second-order valence-corrected chi connectivity index (χ2v) is 8.27. The van der Waals surface area contributed by atoms with Crippen LogP contribution in [0.5, 0.6) is 0 Å². The predicted octanol–water partition coefficient (Wildman–Crippen LogP) is 2.61. The number of amides is 1. The second kappa shape index (κ2) is 8.84. The van der Waals surface area contributed by atoms with Gasteiger partial charge in [0.05, 0.1) is 28.0 Å². The lowest BCUT2D eigenvalue weighted by Gasteiger charge is -2.10. The number of aromatic amines is 1. The molecule has 30 heavy (non-hydrogen) atoms. The zero-order valence-corrected chi connectivity index (χ0v) is 16.5. The van der Waals surface area contributed by atoms with Gasteiger partial charge in [-0.05, 0) is 36.8 Å². The van der Waals surface area contributed by atoms with E-state index in [-0.39, 0.29) is 0 Å². The maximum Gasteiger partial charge on any atom is 0.416 e. The number of hydrogen-bond donors (Lipinski definition) is 3. The van der Waals surface area contributed by atoms with E-state index in [2.05, 4.69) is 15.3 Å². The van der Waals surface area contributed by atoms with E-state index in [1.165, 1.54) is 0 Å². The molecule has 0 bridgehead atoms. The van der Waals surface area contributed by atoms with Crippen LogP contribution in [0.1, 0.15) is 17.8 Å². The number of imidazole rings is 1. The van der Waals surface area contributed by atoms with Crippen LogP contribution in [-0.2, 0) is 27.4 Å². The number of para-hydroxylation sites is 2. The zero-order valence-electron chi connectivity index (χ0n) is 15.7. The van der Waals surface area contributed by atoms with Crippen LogP contribution in [0.4, 0.5) is 13.2 Å². The Hall–Kier alpha value is -2.92. The first-order valence-electron chi connectivity index (χ1n) is 9.02. The highest BCUT2D eigenvalue weighted by molar-refractivity contribution is 7.89. The lowest BCUT2D eigenvalue weighted by molar-refractivity contribution is -0.137. The first kappa shape index (κ1) is 21.8. The van der Waals surface area contributed by atoms with Gasteiger partial charge >= 0.3 is 6.18 Å². The SMILES string of the molecule is O=C(CNS(=O)(=O)c1cccc(C(F)(F)F)c1)NCCCc1nc2ccccc2[nH]1. The van der Waals surface area contributed by atoms with Crippen molar-refractivity contribution in [3.05, 3.63) is 59.9 Å². The molecular formula is C19H19F3N4O3S. The van der Waals surface area contributed by atoms with Crippen molar-refractivity contribution in [3.63, 3.8) is 0 Å². The third-order valence-corrected chi connectivity index (χ3v) is 5.64. The van der Waals surface area contributed by atoms with Crippen LogP contribution in [0.3, 0.4) is 0 Å². The fraction of sp³-hybridized carbons (Fsp3) is 0.263. The zero-order chi connectivity index (χ0) is 21.8. The molecule has 1 amide bonds. The van der Waals surface area contributed by atoms with Crippen LogP contribution in [0.2, 0.25) is 0 Å². The number of hydrogen-bond acceptors (Lipinski definition) is 4. The summed E-state index contributed by atoms with van der Waals surface area (Å²) in [6.07, 6.45) is -3.50. The van der Waals surface area contributed by atoms with Gasteiger partial charge in [0, 0.05) is 13.0 Å². The minimum atomic E-state index is -4.66. The average molecular weight is 440 g/mol. The topological polar surface area (TPSA) is 104 Å². The Bertz CT molecular complexity index is 1110. The Morgan fingerprint density at radius 2 is 1.87 bits per heavy atom. The maximum atomic E-state index is 12.7. The fourth-order valence-corrected chi connectivity index (χ4v) is 3.78. The molecule has 0 saturated heterocycles. The van der Waals surface area contributed by atoms with Gasteiger partial charge in [0.2, 0.25) is 15.9 Å². The standard InChI is InChI=1S/C19H19F3N4O3S/c20-19(21,22)13-5-3-6-14(11-13)30(28,29)24-12-18(27)23-10-4-9-17-25-15-7-1-2-8-16(15)26-17/h1-3,5-8,11,24H,4,9-10,12H2,(H,23,27)(H,25,26). The number of rotatable bonds is 8. The molecule has 0 saturated carbocycles. The number of carbonyl (C=O) groups excluding carboxylic acids is 1. The molecule has 0 aliphatic rings. The summed E-state index contributed by atoms with van der Waals surface area (Å²) >= 11 is 0. The smallest absolute Gasteiger partial charge is 0.355 e. The Balaban J connectivity index is 1.45. The minimum absolute atomic E-state index is 0.293. The number of aryl methyl sites for hydroxylation is 1. The lowest BCUT2D eigenvalue weighted by atomic mass is 10.2. The number of aromatic nitrogens is 2. The van der Waals surface area contributed by atoms with Crippen molar-refractivity contribution in [2.75, 3.05) is 13.1 Å². The molecule has 11 heteroatoms. The molecule has 1 aromatic heterocycles. The number of H-pyrrole nitrogens is 1. The average Bonchev–Trinajstić information content (AvgIpc) is 3.12. The normalized spacial score (nSPS) is 12.2. The summed E-state index contributed by atoms with van der Waals surface area (Å²) in [5.74, 6) is 0.186. The van der Waals surface area contributed by atoms with E-state index in [1.54, 1.807) is 0 Å². The summed E-state index contributed by atoms with van der Waals surface area (Å²) in [6, 6.07) is 10.9. The highest BCUT2D eigenvalue weighted by Gasteiger charge is 2.31. The van der Waals surface area contributed by atoms with Crippen molar-refractivity contribution in [3.8, 4) is 0 Å². The van der Waals surface area contributed by atoms with Gasteiger partial charge in [-0.25, -0.2) is 18.1 Å². The van der Waals surface area contributed by atoms with Crippen LogP contribution >= 0.6 is 0 Å². The fourth-order valence-electron chi connectivity index (χ4n) is 2.75. The molecule has 1 heterocycles. The van der Waals surface area contributed by atoms with Crippen LogP contribution in [0.25, 0.3) is 11.0 Å². The molecule has 3 N–H and O–H groups in total. The van der Waals surface area contributed by atoms with Crippen LogP contribution in [-0.4, -0.2) is 37.4 Å². The first-order chi connectivity index (χ1) is 14.1. The molecular weight excluding hydrogens is 421 g/mol. The Labute approximate surface area is 170 Å². The van der Waals surface area contributed by atoms with Crippen molar-refractivity contribution in [1.29, 1.82) is 0 Å². The third-order valence-electron chi connectivity index (χ3n) is 4.25. The van der Waals surface area contributed by atoms with E-state index in [9.17, 15) is 26.4 Å². The van der Waals surface area contributed by atoms with Crippen molar-refractivity contribution in [1.82, 2.24) is 20.0 Å². The third kappa shape index (κ3) is 5.57. The summed E-state index contributed by atoms with van der Waals surface area (Å²) in [6.45, 7) is -0.287. The van der Waals surface area contributed by atoms with Crippen LogP contribution in [0.15, 0.2) is 53.4 Å².